The monoisotopic (exact) mass is 285 g/mol. The van der Waals surface area contributed by atoms with E-state index >= 15 is 0 Å². The molecule has 4 nitrogen and oxygen atoms in total. The van der Waals surface area contributed by atoms with E-state index in [9.17, 15) is 18.4 Å². The lowest BCUT2D eigenvalue weighted by Crippen LogP contribution is -2.16. The van der Waals surface area contributed by atoms with Gasteiger partial charge < -0.3 is 5.11 Å². The Balaban J connectivity index is 2.41. The molecule has 19 heavy (non-hydrogen) atoms. The second kappa shape index (κ2) is 5.31. The van der Waals surface area contributed by atoms with E-state index in [2.05, 4.69) is 0 Å². The maximum atomic E-state index is 13.2. The molecule has 2 rings (SSSR count). The third-order valence-corrected chi connectivity index (χ3v) is 3.31. The zero-order valence-corrected chi connectivity index (χ0v) is 10.4. The molecule has 1 aromatic heterocycles. The molecule has 0 fully saturated rings. The van der Waals surface area contributed by atoms with Crippen LogP contribution in [0.2, 0.25) is 0 Å². The van der Waals surface area contributed by atoms with E-state index in [0.29, 0.717) is 11.3 Å². The summed E-state index contributed by atoms with van der Waals surface area (Å²) in [5, 5.41) is 10.1. The average molecular weight is 285 g/mol. The Morgan fingerprint density at radius 2 is 2.05 bits per heavy atom. The highest BCUT2D eigenvalue weighted by Gasteiger charge is 2.12. The summed E-state index contributed by atoms with van der Waals surface area (Å²) in [6.45, 7) is -0.00794. The topological polar surface area (TPSA) is 59.3 Å². The van der Waals surface area contributed by atoms with Gasteiger partial charge in [0.2, 0.25) is 0 Å². The van der Waals surface area contributed by atoms with E-state index < -0.39 is 17.6 Å². The van der Waals surface area contributed by atoms with Crippen molar-refractivity contribution in [2.45, 2.75) is 13.0 Å². The number of aliphatic carboxylic acids is 1. The number of nitrogens with zero attached hydrogens (tertiary/aromatic N) is 1. The summed E-state index contributed by atoms with van der Waals surface area (Å²) in [4.78, 5) is 21.8. The van der Waals surface area contributed by atoms with Crippen LogP contribution in [0.4, 0.5) is 8.78 Å². The third-order valence-electron chi connectivity index (χ3n) is 2.55. The van der Waals surface area contributed by atoms with Crippen LogP contribution in [-0.2, 0) is 11.3 Å². The Hall–Kier alpha value is -2.02. The molecule has 0 bridgehead atoms. The van der Waals surface area contributed by atoms with Crippen LogP contribution in [0.1, 0.15) is 6.42 Å². The van der Waals surface area contributed by atoms with Gasteiger partial charge in [-0.1, -0.05) is 11.3 Å². The minimum Gasteiger partial charge on any atom is -0.481 e. The Bertz CT molecular complexity index is 678. The van der Waals surface area contributed by atoms with E-state index in [1.54, 1.807) is 0 Å². The van der Waals surface area contributed by atoms with Crippen LogP contribution in [0.15, 0.2) is 28.4 Å². The van der Waals surface area contributed by atoms with Crippen molar-refractivity contribution in [3.05, 3.63) is 44.9 Å². The van der Waals surface area contributed by atoms with Crippen molar-refractivity contribution in [3.63, 3.8) is 0 Å². The lowest BCUT2D eigenvalue weighted by Gasteiger charge is -2.06. The molecule has 0 amide bonds. The number of carboxylic acid groups (broad SMARTS) is 1. The SMILES string of the molecule is O=C(O)CCn1c(-c2ccc(F)c(F)c2)csc1=O. The number of thiazole rings is 1. The molecular formula is C12H9F2NO3S. The van der Waals surface area contributed by atoms with Crippen LogP contribution < -0.4 is 4.87 Å². The molecule has 2 aromatic rings. The van der Waals surface area contributed by atoms with E-state index in [1.807, 2.05) is 0 Å². The fraction of sp³-hybridized carbons (Fsp3) is 0.167. The van der Waals surface area contributed by atoms with Crippen molar-refractivity contribution in [2.24, 2.45) is 0 Å². The maximum Gasteiger partial charge on any atom is 0.307 e. The van der Waals surface area contributed by atoms with Crippen molar-refractivity contribution in [1.29, 1.82) is 0 Å². The van der Waals surface area contributed by atoms with E-state index in [4.69, 9.17) is 5.11 Å². The normalized spacial score (nSPS) is 10.6. The largest absolute Gasteiger partial charge is 0.481 e. The van der Waals surface area contributed by atoms with Crippen molar-refractivity contribution in [2.75, 3.05) is 0 Å². The van der Waals surface area contributed by atoms with Gasteiger partial charge >= 0.3 is 10.8 Å². The van der Waals surface area contributed by atoms with Gasteiger partial charge in [-0.2, -0.15) is 0 Å². The summed E-state index contributed by atoms with van der Waals surface area (Å²) < 4.78 is 27.3. The van der Waals surface area contributed by atoms with Gasteiger partial charge in [-0.05, 0) is 18.2 Å². The molecule has 0 radical (unpaired) electrons. The molecule has 0 saturated carbocycles. The number of hydrogen-bond donors (Lipinski definition) is 1. The molecule has 7 heteroatoms. The molecule has 0 atom stereocenters. The molecule has 0 aliphatic carbocycles. The number of rotatable bonds is 4. The molecule has 0 unspecified atom stereocenters. The molecule has 0 aliphatic heterocycles. The second-order valence-electron chi connectivity index (χ2n) is 3.81. The van der Waals surface area contributed by atoms with Gasteiger partial charge in [-0.3, -0.25) is 14.2 Å². The highest BCUT2D eigenvalue weighted by atomic mass is 32.1. The fourth-order valence-corrected chi connectivity index (χ4v) is 2.42. The van der Waals surface area contributed by atoms with E-state index in [-0.39, 0.29) is 17.8 Å². The number of hydrogen-bond acceptors (Lipinski definition) is 3. The van der Waals surface area contributed by atoms with Crippen LogP contribution in [0.5, 0.6) is 0 Å². The van der Waals surface area contributed by atoms with Gasteiger partial charge in [0.15, 0.2) is 11.6 Å². The summed E-state index contributed by atoms with van der Waals surface area (Å²) in [6, 6.07) is 3.29. The molecule has 1 N–H and O–H groups in total. The molecule has 1 aromatic carbocycles. The predicted molar refractivity (Wildman–Crippen MR) is 66.2 cm³/mol. The van der Waals surface area contributed by atoms with Crippen molar-refractivity contribution >= 4 is 17.3 Å². The number of aromatic nitrogens is 1. The maximum absolute atomic E-state index is 13.2. The molecule has 100 valence electrons. The van der Waals surface area contributed by atoms with E-state index in [0.717, 1.165) is 23.5 Å². The first-order valence-corrected chi connectivity index (χ1v) is 6.22. The molecular weight excluding hydrogens is 276 g/mol. The third kappa shape index (κ3) is 2.87. The summed E-state index contributed by atoms with van der Waals surface area (Å²) in [5.41, 5.74) is 0.720. The Kier molecular flexibility index (Phi) is 3.75. The molecule has 1 heterocycles. The van der Waals surface area contributed by atoms with E-state index in [1.165, 1.54) is 16.0 Å². The minimum absolute atomic E-state index is 0.00794. The summed E-state index contributed by atoms with van der Waals surface area (Å²) >= 11 is 0.886. The van der Waals surface area contributed by atoms with Gasteiger partial charge in [0.25, 0.3) is 0 Å². The smallest absolute Gasteiger partial charge is 0.307 e. The number of carbonyl (C=O) groups is 1. The van der Waals surface area contributed by atoms with Crippen LogP contribution in [0, 0.1) is 11.6 Å². The Morgan fingerprint density at radius 1 is 1.32 bits per heavy atom. The first kappa shape index (κ1) is 13.4. The summed E-state index contributed by atoms with van der Waals surface area (Å²) in [6.07, 6.45) is -0.215. The van der Waals surface area contributed by atoms with Crippen molar-refractivity contribution in [1.82, 2.24) is 4.57 Å². The highest BCUT2D eigenvalue weighted by Crippen LogP contribution is 2.22. The number of benzene rings is 1. The standard InChI is InChI=1S/C12H9F2NO3S/c13-8-2-1-7(5-9(8)14)10-6-19-12(18)15(10)4-3-11(16)17/h1-2,5-6H,3-4H2,(H,16,17). The minimum atomic E-state index is -1.03. The lowest BCUT2D eigenvalue weighted by atomic mass is 10.1. The quantitative estimate of drug-likeness (QED) is 0.938. The fourth-order valence-electron chi connectivity index (χ4n) is 1.63. The van der Waals surface area contributed by atoms with Gasteiger partial charge in [0.1, 0.15) is 0 Å². The van der Waals surface area contributed by atoms with Crippen LogP contribution >= 0.6 is 11.3 Å². The van der Waals surface area contributed by atoms with Gasteiger partial charge in [0, 0.05) is 17.5 Å². The lowest BCUT2D eigenvalue weighted by molar-refractivity contribution is -0.137. The van der Waals surface area contributed by atoms with Crippen LogP contribution in [0.25, 0.3) is 11.3 Å². The zero-order valence-electron chi connectivity index (χ0n) is 9.60. The highest BCUT2D eigenvalue weighted by molar-refractivity contribution is 7.07. The Labute approximate surface area is 110 Å². The second-order valence-corrected chi connectivity index (χ2v) is 4.63. The molecule has 0 aliphatic rings. The first-order chi connectivity index (χ1) is 8.99. The van der Waals surface area contributed by atoms with Gasteiger partial charge in [0.05, 0.1) is 12.1 Å². The molecule has 0 spiro atoms. The summed E-state index contributed by atoms with van der Waals surface area (Å²) in [5.74, 6) is -3.02. The van der Waals surface area contributed by atoms with Gasteiger partial charge in [-0.25, -0.2) is 8.78 Å². The van der Waals surface area contributed by atoms with Gasteiger partial charge in [-0.15, -0.1) is 0 Å². The number of carboxylic acids is 1. The predicted octanol–water partition coefficient (Wildman–Crippen LogP) is 2.33. The zero-order chi connectivity index (χ0) is 14.0. The van der Waals surface area contributed by atoms with Crippen LogP contribution in [-0.4, -0.2) is 15.6 Å². The average Bonchev–Trinajstić information content (AvgIpc) is 2.71. The summed E-state index contributed by atoms with van der Waals surface area (Å²) in [7, 11) is 0. The number of halogens is 2. The molecule has 0 saturated heterocycles. The van der Waals surface area contributed by atoms with Crippen LogP contribution in [0.3, 0.4) is 0 Å². The Morgan fingerprint density at radius 3 is 2.68 bits per heavy atom. The van der Waals surface area contributed by atoms with Crippen molar-refractivity contribution in [3.8, 4) is 11.3 Å². The first-order valence-electron chi connectivity index (χ1n) is 5.34. The van der Waals surface area contributed by atoms with Crippen molar-refractivity contribution < 1.29 is 18.7 Å².